The topological polar surface area (TPSA) is 57.1 Å². The fourth-order valence-corrected chi connectivity index (χ4v) is 2.88. The summed E-state index contributed by atoms with van der Waals surface area (Å²) in [5, 5.41) is 0. The van der Waals surface area contributed by atoms with Gasteiger partial charge in [-0.05, 0) is 48.4 Å². The average molecular weight is 347 g/mol. The maximum absolute atomic E-state index is 12.2. The van der Waals surface area contributed by atoms with E-state index in [1.165, 1.54) is 0 Å². The van der Waals surface area contributed by atoms with E-state index in [2.05, 4.69) is 4.99 Å². The molecule has 0 N–H and O–H groups in total. The van der Waals surface area contributed by atoms with Gasteiger partial charge in [0.1, 0.15) is 18.1 Å². The molecule has 0 aliphatic carbocycles. The fourth-order valence-electron chi connectivity index (χ4n) is 2.88. The molecule has 26 heavy (non-hydrogen) atoms. The minimum atomic E-state index is -0.454. The quantitative estimate of drug-likeness (QED) is 0.628. The zero-order valence-electron chi connectivity index (χ0n) is 14.5. The van der Waals surface area contributed by atoms with E-state index in [1.54, 1.807) is 13.2 Å². The minimum Gasteiger partial charge on any atom is -0.497 e. The van der Waals surface area contributed by atoms with E-state index in [0.717, 1.165) is 33.8 Å². The van der Waals surface area contributed by atoms with Gasteiger partial charge >= 0.3 is 5.97 Å². The summed E-state index contributed by atoms with van der Waals surface area (Å²) < 4.78 is 16.3. The van der Waals surface area contributed by atoms with Crippen molar-refractivity contribution in [2.45, 2.75) is 6.92 Å². The van der Waals surface area contributed by atoms with Crippen LogP contribution in [0.25, 0.3) is 6.08 Å². The van der Waals surface area contributed by atoms with E-state index in [4.69, 9.17) is 14.2 Å². The standard InChI is InChI=1S/C21H17NO4/c1-13-5-3-4-6-17(13)20-22-18(21(23)26-20)10-14-9-15-7-8-16(24-2)11-19(15)25-12-14/h3-11H,12H2,1-2H3/b18-10+. The number of nitrogens with zero attached hydrogens (tertiary/aromatic N) is 1. The Labute approximate surface area is 151 Å². The van der Waals surface area contributed by atoms with Crippen LogP contribution in [0.5, 0.6) is 11.5 Å². The summed E-state index contributed by atoms with van der Waals surface area (Å²) in [6.07, 6.45) is 3.68. The third kappa shape index (κ3) is 2.99. The van der Waals surface area contributed by atoms with Crippen molar-refractivity contribution in [3.63, 3.8) is 0 Å². The van der Waals surface area contributed by atoms with Gasteiger partial charge in [0, 0.05) is 17.2 Å². The van der Waals surface area contributed by atoms with Gasteiger partial charge in [0.2, 0.25) is 5.90 Å². The van der Waals surface area contributed by atoms with Crippen molar-refractivity contribution in [1.82, 2.24) is 0 Å². The number of aryl methyl sites for hydroxylation is 1. The second-order valence-electron chi connectivity index (χ2n) is 6.06. The van der Waals surface area contributed by atoms with Crippen molar-refractivity contribution < 1.29 is 19.0 Å². The van der Waals surface area contributed by atoms with Gasteiger partial charge < -0.3 is 14.2 Å². The van der Waals surface area contributed by atoms with E-state index in [9.17, 15) is 4.79 Å². The van der Waals surface area contributed by atoms with Crippen LogP contribution < -0.4 is 9.47 Å². The highest BCUT2D eigenvalue weighted by molar-refractivity contribution is 6.11. The number of fused-ring (bicyclic) bond motifs is 1. The van der Waals surface area contributed by atoms with Gasteiger partial charge in [-0.25, -0.2) is 9.79 Å². The molecule has 0 atom stereocenters. The van der Waals surface area contributed by atoms with Crippen LogP contribution in [0.3, 0.4) is 0 Å². The van der Waals surface area contributed by atoms with Crippen LogP contribution in [0.15, 0.2) is 64.8 Å². The molecule has 5 nitrogen and oxygen atoms in total. The van der Waals surface area contributed by atoms with Crippen molar-refractivity contribution in [1.29, 1.82) is 0 Å². The Bertz CT molecular complexity index is 985. The van der Waals surface area contributed by atoms with Crippen molar-refractivity contribution in [3.8, 4) is 11.5 Å². The molecule has 0 bridgehead atoms. The summed E-state index contributed by atoms with van der Waals surface area (Å²) in [6, 6.07) is 13.3. The number of hydrogen-bond acceptors (Lipinski definition) is 5. The number of esters is 1. The van der Waals surface area contributed by atoms with Crippen molar-refractivity contribution in [2.24, 2.45) is 4.99 Å². The Balaban J connectivity index is 1.65. The molecule has 130 valence electrons. The predicted octanol–water partition coefficient (Wildman–Crippen LogP) is 3.67. The van der Waals surface area contributed by atoms with Crippen LogP contribution in [0.1, 0.15) is 16.7 Å². The highest BCUT2D eigenvalue weighted by atomic mass is 16.6. The van der Waals surface area contributed by atoms with Crippen LogP contribution >= 0.6 is 0 Å². The van der Waals surface area contributed by atoms with E-state index in [-0.39, 0.29) is 5.70 Å². The fraction of sp³-hybridized carbons (Fsp3) is 0.143. The normalized spacial score (nSPS) is 17.2. The highest BCUT2D eigenvalue weighted by Crippen LogP contribution is 2.31. The molecular weight excluding hydrogens is 330 g/mol. The Kier molecular flexibility index (Phi) is 4.05. The third-order valence-corrected chi connectivity index (χ3v) is 4.27. The van der Waals surface area contributed by atoms with Gasteiger partial charge in [0.15, 0.2) is 5.70 Å². The van der Waals surface area contributed by atoms with Gasteiger partial charge in [0.25, 0.3) is 0 Å². The van der Waals surface area contributed by atoms with Gasteiger partial charge in [-0.2, -0.15) is 0 Å². The van der Waals surface area contributed by atoms with Crippen LogP contribution in [0, 0.1) is 6.92 Å². The molecule has 2 aliphatic rings. The summed E-state index contributed by atoms with van der Waals surface area (Å²) in [7, 11) is 1.62. The molecule has 4 rings (SSSR count). The van der Waals surface area contributed by atoms with Crippen molar-refractivity contribution in [3.05, 3.63) is 76.5 Å². The Hall–Kier alpha value is -3.34. The van der Waals surface area contributed by atoms with Crippen molar-refractivity contribution >= 4 is 17.9 Å². The summed E-state index contributed by atoms with van der Waals surface area (Å²) in [5.74, 6) is 1.38. The SMILES string of the molecule is COc1ccc2c(c1)OCC(/C=C1/N=C(c3ccccc3C)OC1=O)=C2. The number of benzene rings is 2. The van der Waals surface area contributed by atoms with Crippen molar-refractivity contribution in [2.75, 3.05) is 13.7 Å². The second-order valence-corrected chi connectivity index (χ2v) is 6.06. The van der Waals surface area contributed by atoms with E-state index >= 15 is 0 Å². The van der Waals surface area contributed by atoms with Gasteiger partial charge in [0.05, 0.1) is 7.11 Å². The summed E-state index contributed by atoms with van der Waals surface area (Å²) in [4.78, 5) is 16.5. The van der Waals surface area contributed by atoms with Crippen LogP contribution in [-0.4, -0.2) is 25.6 Å². The lowest BCUT2D eigenvalue weighted by molar-refractivity contribution is -0.130. The zero-order chi connectivity index (χ0) is 18.1. The maximum atomic E-state index is 12.2. The molecule has 0 unspecified atom stereocenters. The number of ether oxygens (including phenoxy) is 3. The molecule has 2 aromatic carbocycles. The first-order valence-corrected chi connectivity index (χ1v) is 8.24. The molecule has 0 radical (unpaired) electrons. The van der Waals surface area contributed by atoms with Gasteiger partial charge in [-0.15, -0.1) is 0 Å². The van der Waals surface area contributed by atoms with Gasteiger partial charge in [-0.3, -0.25) is 0 Å². The monoisotopic (exact) mass is 347 g/mol. The Morgan fingerprint density at radius 3 is 2.85 bits per heavy atom. The molecule has 2 aliphatic heterocycles. The van der Waals surface area contributed by atoms with E-state index in [1.807, 2.05) is 55.5 Å². The number of carbonyl (C=O) groups is 1. The number of carbonyl (C=O) groups excluding carboxylic acids is 1. The summed E-state index contributed by atoms with van der Waals surface area (Å²) in [6.45, 7) is 2.31. The molecule has 2 heterocycles. The number of hydrogen-bond donors (Lipinski definition) is 0. The summed E-state index contributed by atoms with van der Waals surface area (Å²) >= 11 is 0. The Morgan fingerprint density at radius 1 is 1.19 bits per heavy atom. The molecule has 5 heteroatoms. The number of methoxy groups -OCH3 is 1. The maximum Gasteiger partial charge on any atom is 0.363 e. The number of cyclic esters (lactones) is 1. The molecule has 0 spiro atoms. The zero-order valence-corrected chi connectivity index (χ0v) is 14.5. The first-order valence-electron chi connectivity index (χ1n) is 8.24. The third-order valence-electron chi connectivity index (χ3n) is 4.27. The molecule has 0 aromatic heterocycles. The first-order chi connectivity index (χ1) is 12.6. The molecule has 0 saturated heterocycles. The molecule has 2 aromatic rings. The molecular formula is C21H17NO4. The largest absolute Gasteiger partial charge is 0.497 e. The lowest BCUT2D eigenvalue weighted by Crippen LogP contribution is -2.08. The molecule has 0 saturated carbocycles. The number of aliphatic imine (C=N–C) groups is 1. The summed E-state index contributed by atoms with van der Waals surface area (Å²) in [5.41, 5.74) is 3.87. The average Bonchev–Trinajstić information content (AvgIpc) is 3.02. The number of rotatable bonds is 3. The molecule has 0 amide bonds. The first kappa shape index (κ1) is 16.1. The second kappa shape index (κ2) is 6.52. The minimum absolute atomic E-state index is 0.273. The lowest BCUT2D eigenvalue weighted by atomic mass is 10.1. The molecule has 0 fully saturated rings. The van der Waals surface area contributed by atoms with Crippen LogP contribution in [-0.2, 0) is 9.53 Å². The van der Waals surface area contributed by atoms with Crippen LogP contribution in [0.4, 0.5) is 0 Å². The van der Waals surface area contributed by atoms with E-state index < -0.39 is 5.97 Å². The van der Waals surface area contributed by atoms with E-state index in [0.29, 0.717) is 12.5 Å². The highest BCUT2D eigenvalue weighted by Gasteiger charge is 2.25. The van der Waals surface area contributed by atoms with Crippen LogP contribution in [0.2, 0.25) is 0 Å². The lowest BCUT2D eigenvalue weighted by Gasteiger charge is -2.16. The Morgan fingerprint density at radius 2 is 2.04 bits per heavy atom. The smallest absolute Gasteiger partial charge is 0.363 e. The van der Waals surface area contributed by atoms with Gasteiger partial charge in [-0.1, -0.05) is 18.2 Å². The predicted molar refractivity (Wildman–Crippen MR) is 98.4 cm³/mol.